The van der Waals surface area contributed by atoms with E-state index in [1.54, 1.807) is 60.5 Å². The van der Waals surface area contributed by atoms with Crippen molar-refractivity contribution in [1.82, 2.24) is 19.5 Å². The molecular weight excluding hydrogens is 544 g/mol. The van der Waals surface area contributed by atoms with E-state index >= 15 is 0 Å². The molecule has 43 heavy (non-hydrogen) atoms. The van der Waals surface area contributed by atoms with E-state index in [-0.39, 0.29) is 23.2 Å². The van der Waals surface area contributed by atoms with Crippen LogP contribution in [0.4, 0.5) is 5.82 Å². The van der Waals surface area contributed by atoms with Gasteiger partial charge in [0.05, 0.1) is 17.7 Å². The molecule has 3 heterocycles. The normalized spacial score (nSPS) is 14.2. The van der Waals surface area contributed by atoms with Gasteiger partial charge in [0.25, 0.3) is 17.7 Å². The number of nitriles is 1. The predicted molar refractivity (Wildman–Crippen MR) is 160 cm³/mol. The molecular formula is C32H28N8O3. The van der Waals surface area contributed by atoms with Crippen molar-refractivity contribution in [2.75, 3.05) is 17.7 Å². The molecule has 2 aromatic carbocycles. The maximum Gasteiger partial charge on any atom is 0.299 e. The highest BCUT2D eigenvalue weighted by molar-refractivity contribution is 6.04. The maximum atomic E-state index is 13.0. The van der Waals surface area contributed by atoms with Gasteiger partial charge in [-0.3, -0.25) is 14.4 Å². The first-order chi connectivity index (χ1) is 20.8. The Bertz CT molecular complexity index is 1810. The zero-order valence-corrected chi connectivity index (χ0v) is 23.4. The van der Waals surface area contributed by atoms with Crippen LogP contribution < -0.4 is 16.9 Å². The van der Waals surface area contributed by atoms with Gasteiger partial charge in [0.15, 0.2) is 11.5 Å². The Morgan fingerprint density at radius 3 is 2.40 bits per heavy atom. The quantitative estimate of drug-likeness (QED) is 0.234. The van der Waals surface area contributed by atoms with E-state index in [1.165, 1.54) is 0 Å². The number of nitrogens with one attached hydrogen (secondary N) is 1. The lowest BCUT2D eigenvalue weighted by atomic mass is 10.0. The second-order valence-corrected chi connectivity index (χ2v) is 9.94. The number of pyridine rings is 1. The number of carbonyl (C=O) groups is 3. The summed E-state index contributed by atoms with van der Waals surface area (Å²) >= 11 is 0. The number of primary amides is 1. The van der Waals surface area contributed by atoms with E-state index in [1.807, 2.05) is 18.2 Å². The van der Waals surface area contributed by atoms with E-state index in [9.17, 15) is 14.4 Å². The van der Waals surface area contributed by atoms with E-state index in [0.717, 1.165) is 28.6 Å². The number of nitrogens with zero attached hydrogens (tertiary/aromatic N) is 5. The first-order valence-electron chi connectivity index (χ1n) is 13.6. The minimum absolute atomic E-state index is 0.00410. The molecule has 1 aliphatic rings. The molecule has 0 spiro atoms. The first-order valence-corrected chi connectivity index (χ1v) is 13.6. The van der Waals surface area contributed by atoms with E-state index in [2.05, 4.69) is 33.2 Å². The van der Waals surface area contributed by atoms with Crippen LogP contribution in [0.3, 0.4) is 0 Å². The summed E-state index contributed by atoms with van der Waals surface area (Å²) in [6, 6.07) is 18.8. The number of benzene rings is 2. The van der Waals surface area contributed by atoms with Gasteiger partial charge in [-0.15, -0.1) is 0 Å². The summed E-state index contributed by atoms with van der Waals surface area (Å²) in [4.78, 5) is 48.7. The molecule has 3 amide bonds. The molecule has 1 unspecified atom stereocenters. The molecule has 1 atom stereocenters. The molecule has 11 heteroatoms. The van der Waals surface area contributed by atoms with Gasteiger partial charge >= 0.3 is 0 Å². The van der Waals surface area contributed by atoms with E-state index in [4.69, 9.17) is 16.8 Å². The Labute approximate surface area is 248 Å². The van der Waals surface area contributed by atoms with Crippen LogP contribution in [0.5, 0.6) is 0 Å². The lowest BCUT2D eigenvalue weighted by Gasteiger charge is -2.33. The van der Waals surface area contributed by atoms with Gasteiger partial charge in [-0.2, -0.15) is 5.26 Å². The van der Waals surface area contributed by atoms with Crippen LogP contribution in [0.15, 0.2) is 66.9 Å². The number of carbonyl (C=O) groups excluding carboxylic acids is 3. The Hall–Kier alpha value is -5.94. The fraction of sp³-hybridized carbons (Fsp3) is 0.188. The largest absolute Gasteiger partial charge is 0.364 e. The van der Waals surface area contributed by atoms with Crippen LogP contribution in [-0.2, 0) is 4.79 Å². The van der Waals surface area contributed by atoms with E-state index in [0.29, 0.717) is 41.3 Å². The molecule has 4 aromatic rings. The first kappa shape index (κ1) is 28.6. The highest BCUT2D eigenvalue weighted by Crippen LogP contribution is 2.33. The highest BCUT2D eigenvalue weighted by atomic mass is 16.2. The summed E-state index contributed by atoms with van der Waals surface area (Å²) in [5.41, 5.74) is 9.10. The number of piperidine rings is 1. The molecule has 1 fully saturated rings. The lowest BCUT2D eigenvalue weighted by molar-refractivity contribution is -0.129. The fourth-order valence-electron chi connectivity index (χ4n) is 5.13. The van der Waals surface area contributed by atoms with Gasteiger partial charge in [0.2, 0.25) is 0 Å². The topological polar surface area (TPSA) is 173 Å². The number of imidazole rings is 1. The second-order valence-electron chi connectivity index (χ2n) is 9.94. The number of hydrogen-bond acceptors (Lipinski definition) is 7. The summed E-state index contributed by atoms with van der Waals surface area (Å²) in [7, 11) is 0. The van der Waals surface area contributed by atoms with E-state index < -0.39 is 11.9 Å². The molecule has 0 saturated carbocycles. The molecule has 0 bridgehead atoms. The van der Waals surface area contributed by atoms with Crippen LogP contribution in [0, 0.1) is 23.2 Å². The van der Waals surface area contributed by atoms with Crippen molar-refractivity contribution in [1.29, 1.82) is 5.26 Å². The van der Waals surface area contributed by atoms with Gasteiger partial charge in [-0.25, -0.2) is 14.6 Å². The SMILES string of the molecule is CC#CC(=O)N1CCCCC1c1nc(-c2ccc(C(=O)Nc3cc(-c4ccc(C#N)cc4)ccn3)cc2)c(C(N)=O)n1N. The Morgan fingerprint density at radius 2 is 1.72 bits per heavy atom. The molecule has 1 saturated heterocycles. The number of nitrogens with two attached hydrogens (primary N) is 2. The third-order valence-corrected chi connectivity index (χ3v) is 7.23. The molecule has 5 N–H and O–H groups in total. The van der Waals surface area contributed by atoms with Crippen molar-refractivity contribution >= 4 is 23.5 Å². The number of nitrogen functional groups attached to an aromatic ring is 1. The number of rotatable bonds is 6. The summed E-state index contributed by atoms with van der Waals surface area (Å²) in [6.07, 6.45) is 3.89. The van der Waals surface area contributed by atoms with Gasteiger partial charge in [-0.1, -0.05) is 30.2 Å². The predicted octanol–water partition coefficient (Wildman–Crippen LogP) is 3.63. The van der Waals surface area contributed by atoms with Crippen molar-refractivity contribution in [3.63, 3.8) is 0 Å². The molecule has 214 valence electrons. The average Bonchev–Trinajstić information content (AvgIpc) is 3.38. The molecule has 2 aromatic heterocycles. The number of anilines is 1. The van der Waals surface area contributed by atoms with Gasteiger partial charge < -0.3 is 21.8 Å². The van der Waals surface area contributed by atoms with Crippen LogP contribution in [0.1, 0.15) is 64.5 Å². The minimum atomic E-state index is -0.770. The number of aromatic nitrogens is 3. The standard InChI is InChI=1S/C32H28N8O3/c1-2-5-27(41)39-17-4-3-6-25(39)31-38-28(29(30(34)42)40(31)35)22-11-13-23(14-12-22)32(43)37-26-18-24(15-16-36-26)21-9-7-20(19-33)8-10-21/h7-16,18,25H,3-4,6,17,35H2,1H3,(H2,34,42)(H,36,37,43). The number of likely N-dealkylation sites (tertiary alicyclic amines) is 1. The fourth-order valence-corrected chi connectivity index (χ4v) is 5.13. The summed E-state index contributed by atoms with van der Waals surface area (Å²) < 4.78 is 1.15. The molecule has 11 nitrogen and oxygen atoms in total. The number of amides is 3. The minimum Gasteiger partial charge on any atom is -0.364 e. The average molecular weight is 573 g/mol. The van der Waals surface area contributed by atoms with Crippen molar-refractivity contribution in [2.24, 2.45) is 5.73 Å². The third kappa shape index (κ3) is 5.92. The number of hydrogen-bond donors (Lipinski definition) is 3. The van der Waals surface area contributed by atoms with Crippen molar-refractivity contribution in [3.8, 4) is 40.3 Å². The Balaban J connectivity index is 1.39. The van der Waals surface area contributed by atoms with Crippen molar-refractivity contribution in [2.45, 2.75) is 32.2 Å². The zero-order valence-electron chi connectivity index (χ0n) is 23.4. The van der Waals surface area contributed by atoms with Gasteiger partial charge in [0, 0.05) is 23.9 Å². The van der Waals surface area contributed by atoms with Crippen molar-refractivity contribution < 1.29 is 14.4 Å². The smallest absolute Gasteiger partial charge is 0.299 e. The van der Waals surface area contributed by atoms with Crippen molar-refractivity contribution in [3.05, 3.63) is 89.5 Å². The Morgan fingerprint density at radius 1 is 1.00 bits per heavy atom. The Kier molecular flexibility index (Phi) is 8.17. The third-order valence-electron chi connectivity index (χ3n) is 7.23. The summed E-state index contributed by atoms with van der Waals surface area (Å²) in [5.74, 6) is 10.8. The molecule has 1 aliphatic heterocycles. The molecule has 0 radical (unpaired) electrons. The molecule has 5 rings (SSSR count). The highest BCUT2D eigenvalue weighted by Gasteiger charge is 2.33. The summed E-state index contributed by atoms with van der Waals surface area (Å²) in [6.45, 7) is 2.10. The summed E-state index contributed by atoms with van der Waals surface area (Å²) in [5, 5.41) is 11.8. The lowest BCUT2D eigenvalue weighted by Crippen LogP contribution is -2.40. The van der Waals surface area contributed by atoms with Crippen LogP contribution >= 0.6 is 0 Å². The monoisotopic (exact) mass is 572 g/mol. The van der Waals surface area contributed by atoms with Crippen LogP contribution in [0.2, 0.25) is 0 Å². The molecule has 0 aliphatic carbocycles. The van der Waals surface area contributed by atoms with Crippen LogP contribution in [-0.4, -0.2) is 43.8 Å². The maximum absolute atomic E-state index is 13.0. The zero-order chi connectivity index (χ0) is 30.5. The van der Waals surface area contributed by atoms with Crippen LogP contribution in [0.25, 0.3) is 22.4 Å². The second kappa shape index (κ2) is 12.3. The van der Waals surface area contributed by atoms with Gasteiger partial charge in [-0.05, 0) is 79.6 Å². The van der Waals surface area contributed by atoms with Gasteiger partial charge in [0.1, 0.15) is 11.5 Å².